The molecule has 1 aromatic carbocycles. The molecule has 0 saturated heterocycles. The van der Waals surface area contributed by atoms with Crippen molar-refractivity contribution in [1.82, 2.24) is 9.55 Å². The van der Waals surface area contributed by atoms with Gasteiger partial charge in [-0.3, -0.25) is 14.2 Å². The largest absolute Gasteiger partial charge is 0.462 e. The number of benzene rings is 1. The van der Waals surface area contributed by atoms with Crippen molar-refractivity contribution in [3.8, 4) is 0 Å². The van der Waals surface area contributed by atoms with Gasteiger partial charge in [-0.2, -0.15) is 0 Å². The van der Waals surface area contributed by atoms with E-state index in [1.807, 2.05) is 18.2 Å². The van der Waals surface area contributed by atoms with Crippen LogP contribution in [0.1, 0.15) is 32.7 Å². The number of furan rings is 1. The quantitative estimate of drug-likeness (QED) is 0.378. The van der Waals surface area contributed by atoms with E-state index in [4.69, 9.17) is 9.15 Å². The zero-order chi connectivity index (χ0) is 19.8. The maximum atomic E-state index is 12.9. The average Bonchev–Trinajstić information content (AvgIpc) is 3.26. The van der Waals surface area contributed by atoms with E-state index in [-0.39, 0.29) is 30.3 Å². The van der Waals surface area contributed by atoms with Crippen LogP contribution < -0.4 is 5.56 Å². The van der Waals surface area contributed by atoms with Crippen LogP contribution >= 0.6 is 11.3 Å². The number of fused-ring (bicyclic) bond motifs is 2. The molecule has 142 valence electrons. The maximum absolute atomic E-state index is 12.9. The molecular formula is C20H16N2O5S. The third-order valence-electron chi connectivity index (χ3n) is 4.39. The SMILES string of the molecule is CCOC(=O)c1sc2ncn(CC(=O)c3cc4ccccc4o3)c(=O)c2c1C. The number of carbonyl (C=O) groups is 2. The molecule has 0 atom stereocenters. The molecule has 0 N–H and O–H groups in total. The molecule has 0 fully saturated rings. The third-order valence-corrected chi connectivity index (χ3v) is 5.57. The summed E-state index contributed by atoms with van der Waals surface area (Å²) in [6.07, 6.45) is 1.32. The number of esters is 1. The number of thiophene rings is 1. The number of hydrogen-bond donors (Lipinski definition) is 0. The Bertz CT molecular complexity index is 1250. The molecule has 4 aromatic rings. The van der Waals surface area contributed by atoms with Gasteiger partial charge in [0.15, 0.2) is 5.76 Å². The van der Waals surface area contributed by atoms with Gasteiger partial charge in [-0.05, 0) is 31.5 Å². The van der Waals surface area contributed by atoms with Crippen LogP contribution in [-0.2, 0) is 11.3 Å². The van der Waals surface area contributed by atoms with Crippen molar-refractivity contribution in [3.05, 3.63) is 63.2 Å². The standard InChI is InChI=1S/C20H16N2O5S/c1-3-26-20(25)17-11(2)16-18(28-17)21-10-22(19(16)24)9-13(23)15-8-12-6-4-5-7-14(12)27-15/h4-8,10H,3,9H2,1-2H3. The maximum Gasteiger partial charge on any atom is 0.348 e. The summed E-state index contributed by atoms with van der Waals surface area (Å²) in [7, 11) is 0. The van der Waals surface area contributed by atoms with Crippen LogP contribution in [0.2, 0.25) is 0 Å². The van der Waals surface area contributed by atoms with Gasteiger partial charge >= 0.3 is 5.97 Å². The highest BCUT2D eigenvalue weighted by atomic mass is 32.1. The summed E-state index contributed by atoms with van der Waals surface area (Å²) in [5, 5.41) is 1.15. The highest BCUT2D eigenvalue weighted by Crippen LogP contribution is 2.27. The second-order valence-electron chi connectivity index (χ2n) is 6.21. The summed E-state index contributed by atoms with van der Waals surface area (Å²) in [6.45, 7) is 3.44. The number of para-hydroxylation sites is 1. The topological polar surface area (TPSA) is 91.4 Å². The van der Waals surface area contributed by atoms with E-state index < -0.39 is 5.97 Å². The fourth-order valence-corrected chi connectivity index (χ4v) is 4.05. The van der Waals surface area contributed by atoms with Crippen LogP contribution in [0.25, 0.3) is 21.2 Å². The van der Waals surface area contributed by atoms with Crippen LogP contribution in [0, 0.1) is 6.92 Å². The van der Waals surface area contributed by atoms with Gasteiger partial charge in [0.05, 0.1) is 24.9 Å². The summed E-state index contributed by atoms with van der Waals surface area (Å²) in [6, 6.07) is 8.96. The summed E-state index contributed by atoms with van der Waals surface area (Å²) in [4.78, 5) is 42.6. The van der Waals surface area contributed by atoms with Crippen molar-refractivity contribution in [2.75, 3.05) is 6.61 Å². The lowest BCUT2D eigenvalue weighted by Crippen LogP contribution is -2.24. The molecule has 3 heterocycles. The number of aromatic nitrogens is 2. The van der Waals surface area contributed by atoms with Crippen LogP contribution in [0.5, 0.6) is 0 Å². The first-order chi connectivity index (χ1) is 13.5. The van der Waals surface area contributed by atoms with E-state index in [1.165, 1.54) is 10.9 Å². The minimum atomic E-state index is -0.479. The van der Waals surface area contributed by atoms with Gasteiger partial charge in [-0.15, -0.1) is 11.3 Å². The van der Waals surface area contributed by atoms with Crippen LogP contribution in [-0.4, -0.2) is 27.9 Å². The van der Waals surface area contributed by atoms with Crippen molar-refractivity contribution >= 4 is 44.3 Å². The van der Waals surface area contributed by atoms with E-state index in [9.17, 15) is 14.4 Å². The smallest absolute Gasteiger partial charge is 0.348 e. The van der Waals surface area contributed by atoms with E-state index >= 15 is 0 Å². The second-order valence-corrected chi connectivity index (χ2v) is 7.21. The van der Waals surface area contributed by atoms with Crippen LogP contribution in [0.3, 0.4) is 0 Å². The van der Waals surface area contributed by atoms with Crippen LogP contribution in [0.4, 0.5) is 0 Å². The number of Topliss-reactive ketones (excluding diaryl/α,β-unsaturated/α-hetero) is 1. The Kier molecular flexibility index (Phi) is 4.56. The van der Waals surface area contributed by atoms with Gasteiger partial charge in [0, 0.05) is 5.39 Å². The molecule has 0 aliphatic rings. The number of rotatable bonds is 5. The molecule has 7 nitrogen and oxygen atoms in total. The Labute approximate surface area is 163 Å². The zero-order valence-corrected chi connectivity index (χ0v) is 16.0. The Hall–Kier alpha value is -3.26. The zero-order valence-electron chi connectivity index (χ0n) is 15.2. The molecule has 0 aliphatic heterocycles. The first-order valence-corrected chi connectivity index (χ1v) is 9.48. The molecule has 0 bridgehead atoms. The molecule has 0 aliphatic carbocycles. The van der Waals surface area contributed by atoms with Crippen molar-refractivity contribution < 1.29 is 18.7 Å². The Morgan fingerprint density at radius 3 is 2.82 bits per heavy atom. The molecule has 28 heavy (non-hydrogen) atoms. The fourth-order valence-electron chi connectivity index (χ4n) is 3.02. The van der Waals surface area contributed by atoms with Gasteiger partial charge in [0.1, 0.15) is 15.3 Å². The molecular weight excluding hydrogens is 380 g/mol. The van der Waals surface area contributed by atoms with Gasteiger partial charge < -0.3 is 9.15 Å². The summed E-state index contributed by atoms with van der Waals surface area (Å²) in [5.41, 5.74) is 0.750. The van der Waals surface area contributed by atoms with Crippen molar-refractivity contribution in [1.29, 1.82) is 0 Å². The van der Waals surface area contributed by atoms with E-state index in [2.05, 4.69) is 4.98 Å². The molecule has 0 amide bonds. The second kappa shape index (κ2) is 7.05. The van der Waals surface area contributed by atoms with Gasteiger partial charge in [-0.25, -0.2) is 9.78 Å². The molecule has 0 saturated carbocycles. The lowest BCUT2D eigenvalue weighted by molar-refractivity contribution is 0.0531. The summed E-state index contributed by atoms with van der Waals surface area (Å²) < 4.78 is 11.8. The summed E-state index contributed by atoms with van der Waals surface area (Å²) in [5.74, 6) is -0.632. The van der Waals surface area contributed by atoms with Crippen molar-refractivity contribution in [3.63, 3.8) is 0 Å². The lowest BCUT2D eigenvalue weighted by atomic mass is 10.2. The lowest BCUT2D eigenvalue weighted by Gasteiger charge is -2.03. The van der Waals surface area contributed by atoms with Gasteiger partial charge in [-0.1, -0.05) is 18.2 Å². The molecule has 3 aromatic heterocycles. The van der Waals surface area contributed by atoms with E-state index in [0.717, 1.165) is 16.7 Å². The summed E-state index contributed by atoms with van der Waals surface area (Å²) >= 11 is 1.11. The minimum absolute atomic E-state index is 0.183. The predicted molar refractivity (Wildman–Crippen MR) is 105 cm³/mol. The number of ketones is 1. The van der Waals surface area contributed by atoms with E-state index in [0.29, 0.717) is 26.2 Å². The fraction of sp³-hybridized carbons (Fsp3) is 0.200. The van der Waals surface area contributed by atoms with Gasteiger partial charge in [0.2, 0.25) is 5.78 Å². The average molecular weight is 396 g/mol. The Morgan fingerprint density at radius 1 is 1.29 bits per heavy atom. The van der Waals surface area contributed by atoms with Crippen molar-refractivity contribution in [2.45, 2.75) is 20.4 Å². The molecule has 8 heteroatoms. The predicted octanol–water partition coefficient (Wildman–Crippen LogP) is 3.57. The number of aryl methyl sites for hydroxylation is 1. The monoisotopic (exact) mass is 396 g/mol. The number of hydrogen-bond acceptors (Lipinski definition) is 7. The Morgan fingerprint density at radius 2 is 2.07 bits per heavy atom. The first kappa shape index (κ1) is 18.1. The molecule has 0 spiro atoms. The molecule has 0 unspecified atom stereocenters. The van der Waals surface area contributed by atoms with E-state index in [1.54, 1.807) is 26.0 Å². The highest BCUT2D eigenvalue weighted by Gasteiger charge is 2.21. The molecule has 0 radical (unpaired) electrons. The molecule has 4 rings (SSSR count). The third kappa shape index (κ3) is 3.01. The Balaban J connectivity index is 1.70. The van der Waals surface area contributed by atoms with Gasteiger partial charge in [0.25, 0.3) is 5.56 Å². The highest BCUT2D eigenvalue weighted by molar-refractivity contribution is 7.20. The number of carbonyl (C=O) groups excluding carboxylic acids is 2. The first-order valence-electron chi connectivity index (χ1n) is 8.67. The minimum Gasteiger partial charge on any atom is -0.462 e. The van der Waals surface area contributed by atoms with Crippen LogP contribution in [0.15, 0.2) is 45.9 Å². The van der Waals surface area contributed by atoms with Crippen molar-refractivity contribution in [2.24, 2.45) is 0 Å². The number of nitrogens with zero attached hydrogens (tertiary/aromatic N) is 2. The normalized spacial score (nSPS) is 11.2. The number of ether oxygens (including phenoxy) is 1.